The Morgan fingerprint density at radius 1 is 1.09 bits per heavy atom. The number of hydrogen-bond donors (Lipinski definition) is 2. The Morgan fingerprint density at radius 2 is 2.00 bits per heavy atom. The molecule has 0 radical (unpaired) electrons. The van der Waals surface area contributed by atoms with E-state index >= 15 is 4.39 Å². The fourth-order valence-electron chi connectivity index (χ4n) is 4.26. The fourth-order valence-corrected chi connectivity index (χ4v) is 4.26. The first-order chi connectivity index (χ1) is 16.1. The van der Waals surface area contributed by atoms with Gasteiger partial charge in [0.25, 0.3) is 0 Å². The molecule has 162 valence electrons. The van der Waals surface area contributed by atoms with Crippen molar-refractivity contribution >= 4 is 22.4 Å². The number of aromatic nitrogens is 6. The number of nitrogens with one attached hydrogen (secondary N) is 2. The van der Waals surface area contributed by atoms with Gasteiger partial charge in [0.1, 0.15) is 23.7 Å². The van der Waals surface area contributed by atoms with E-state index in [-0.39, 0.29) is 5.82 Å². The highest BCUT2D eigenvalue weighted by molar-refractivity contribution is 6.16. The average Bonchev–Trinajstić information content (AvgIpc) is 3.45. The molecule has 9 heteroatoms. The molecule has 5 aromatic rings. The minimum absolute atomic E-state index is 0.330. The van der Waals surface area contributed by atoms with E-state index in [1.807, 2.05) is 36.7 Å². The van der Waals surface area contributed by atoms with Gasteiger partial charge in [-0.1, -0.05) is 6.07 Å². The lowest BCUT2D eigenvalue weighted by Crippen LogP contribution is -2.20. The Balaban J connectivity index is 1.53. The summed E-state index contributed by atoms with van der Waals surface area (Å²) in [5, 5.41) is 3.19. The summed E-state index contributed by atoms with van der Waals surface area (Å²) < 4.78 is 17.9. The molecule has 5 heterocycles. The minimum Gasteiger partial charge on any atom is -0.366 e. The van der Waals surface area contributed by atoms with Crippen LogP contribution < -0.4 is 5.32 Å². The number of benzene rings is 1. The van der Waals surface area contributed by atoms with Gasteiger partial charge in [-0.15, -0.1) is 0 Å². The molecular formula is C24H19FN8. The number of nitrogens with zero attached hydrogens (tertiary/aromatic N) is 6. The van der Waals surface area contributed by atoms with Crippen molar-refractivity contribution in [2.24, 2.45) is 4.99 Å². The first-order valence-corrected chi connectivity index (χ1v) is 10.5. The standard InChI is InChI=1S/C24H19FN8/c1-13-6-16-20(21(25)19(13)15-4-3-5-26-7-15)23(29-11-28-16)24-31-17-8-27-9-18(22(17)32-24)33-10-14(2)30-12-33/h3-10,12,28H,11H2,1-2H3,(H,31,32). The molecule has 0 bridgehead atoms. The van der Waals surface area contributed by atoms with Gasteiger partial charge in [-0.2, -0.15) is 0 Å². The van der Waals surface area contributed by atoms with Crippen molar-refractivity contribution in [3.05, 3.63) is 84.0 Å². The lowest BCUT2D eigenvalue weighted by molar-refractivity contribution is 0.627. The number of H-pyrrole nitrogens is 1. The van der Waals surface area contributed by atoms with E-state index in [4.69, 9.17) is 4.98 Å². The van der Waals surface area contributed by atoms with E-state index in [1.165, 1.54) is 0 Å². The summed E-state index contributed by atoms with van der Waals surface area (Å²) in [4.78, 5) is 25.5. The highest BCUT2D eigenvalue weighted by atomic mass is 19.1. The molecule has 0 amide bonds. The third-order valence-corrected chi connectivity index (χ3v) is 5.75. The maximum Gasteiger partial charge on any atom is 0.157 e. The average molecular weight is 438 g/mol. The lowest BCUT2D eigenvalue weighted by Gasteiger charge is -2.21. The zero-order chi connectivity index (χ0) is 22.5. The second-order valence-corrected chi connectivity index (χ2v) is 7.95. The molecule has 0 saturated carbocycles. The van der Waals surface area contributed by atoms with Crippen LogP contribution in [0.3, 0.4) is 0 Å². The molecule has 1 aromatic carbocycles. The van der Waals surface area contributed by atoms with E-state index in [9.17, 15) is 0 Å². The molecule has 0 aliphatic carbocycles. The van der Waals surface area contributed by atoms with Crippen LogP contribution in [0.25, 0.3) is 27.8 Å². The topological polar surface area (TPSA) is 96.7 Å². The van der Waals surface area contributed by atoms with Crippen molar-refractivity contribution in [1.29, 1.82) is 0 Å². The predicted molar refractivity (Wildman–Crippen MR) is 124 cm³/mol. The molecule has 0 fully saturated rings. The number of imidazole rings is 2. The van der Waals surface area contributed by atoms with E-state index < -0.39 is 0 Å². The van der Waals surface area contributed by atoms with Crippen LogP contribution in [0, 0.1) is 19.7 Å². The van der Waals surface area contributed by atoms with Gasteiger partial charge in [-0.25, -0.2) is 14.4 Å². The van der Waals surface area contributed by atoms with Crippen LogP contribution in [0.5, 0.6) is 0 Å². The Labute approximate surface area is 188 Å². The molecule has 33 heavy (non-hydrogen) atoms. The summed E-state index contributed by atoms with van der Waals surface area (Å²) in [5.41, 5.74) is 6.69. The van der Waals surface area contributed by atoms with Crippen LogP contribution in [0.2, 0.25) is 0 Å². The Morgan fingerprint density at radius 3 is 2.79 bits per heavy atom. The molecule has 6 rings (SSSR count). The molecule has 0 atom stereocenters. The van der Waals surface area contributed by atoms with Crippen LogP contribution in [0.15, 0.2) is 60.5 Å². The molecule has 1 aliphatic rings. The van der Waals surface area contributed by atoms with Crippen LogP contribution in [0.4, 0.5) is 10.1 Å². The van der Waals surface area contributed by atoms with Gasteiger partial charge in [0.05, 0.1) is 41.2 Å². The summed E-state index contributed by atoms with van der Waals surface area (Å²) in [7, 11) is 0. The number of halogens is 1. The Kier molecular flexibility index (Phi) is 4.29. The molecule has 0 saturated heterocycles. The predicted octanol–water partition coefficient (Wildman–Crippen LogP) is 4.18. The highest BCUT2D eigenvalue weighted by Gasteiger charge is 2.27. The maximum absolute atomic E-state index is 16.0. The fraction of sp³-hybridized carbons (Fsp3) is 0.125. The van der Waals surface area contributed by atoms with Crippen molar-refractivity contribution in [1.82, 2.24) is 29.5 Å². The maximum atomic E-state index is 16.0. The lowest BCUT2D eigenvalue weighted by atomic mass is 9.93. The number of rotatable bonds is 3. The number of hydrogen-bond acceptors (Lipinski definition) is 6. The van der Waals surface area contributed by atoms with Crippen molar-refractivity contribution in [3.8, 4) is 16.8 Å². The number of aryl methyl sites for hydroxylation is 2. The molecule has 2 N–H and O–H groups in total. The molecule has 4 aromatic heterocycles. The van der Waals surface area contributed by atoms with E-state index in [2.05, 4.69) is 30.2 Å². The SMILES string of the molecule is Cc1cn(-c2cncc3[nH]c(C4=NCNc5cc(C)c(-c6cccnc6)c(F)c54)nc23)cn1. The summed E-state index contributed by atoms with van der Waals surface area (Å²) >= 11 is 0. The second-order valence-electron chi connectivity index (χ2n) is 7.95. The Bertz CT molecular complexity index is 1550. The van der Waals surface area contributed by atoms with Crippen LogP contribution in [-0.4, -0.2) is 41.9 Å². The molecule has 8 nitrogen and oxygen atoms in total. The van der Waals surface area contributed by atoms with E-state index in [0.717, 1.165) is 22.5 Å². The quantitative estimate of drug-likeness (QED) is 0.440. The van der Waals surface area contributed by atoms with E-state index in [0.29, 0.717) is 46.1 Å². The number of anilines is 1. The Hall–Kier alpha value is -4.40. The molecule has 0 unspecified atom stereocenters. The van der Waals surface area contributed by atoms with Gasteiger partial charge in [0.2, 0.25) is 0 Å². The normalized spacial score (nSPS) is 13.0. The van der Waals surface area contributed by atoms with Gasteiger partial charge >= 0.3 is 0 Å². The molecule has 0 spiro atoms. The van der Waals surface area contributed by atoms with E-state index in [1.54, 1.807) is 37.2 Å². The van der Waals surface area contributed by atoms with Gasteiger partial charge in [-0.05, 0) is 31.5 Å². The first-order valence-electron chi connectivity index (χ1n) is 10.5. The van der Waals surface area contributed by atoms with Gasteiger partial charge < -0.3 is 14.9 Å². The van der Waals surface area contributed by atoms with Crippen LogP contribution in [0.1, 0.15) is 22.6 Å². The highest BCUT2D eigenvalue weighted by Crippen LogP contribution is 2.36. The zero-order valence-electron chi connectivity index (χ0n) is 18.0. The summed E-state index contributed by atoms with van der Waals surface area (Å²) in [6.45, 7) is 4.15. The monoisotopic (exact) mass is 438 g/mol. The van der Waals surface area contributed by atoms with Crippen molar-refractivity contribution < 1.29 is 4.39 Å². The van der Waals surface area contributed by atoms with Crippen LogP contribution in [-0.2, 0) is 0 Å². The van der Waals surface area contributed by atoms with Gasteiger partial charge in [0.15, 0.2) is 5.82 Å². The van der Waals surface area contributed by atoms with Crippen LogP contribution >= 0.6 is 0 Å². The van der Waals surface area contributed by atoms with Crippen molar-refractivity contribution in [2.45, 2.75) is 13.8 Å². The minimum atomic E-state index is -0.354. The largest absolute Gasteiger partial charge is 0.366 e. The first kappa shape index (κ1) is 19.3. The van der Waals surface area contributed by atoms with Gasteiger partial charge in [0, 0.05) is 35.4 Å². The number of aromatic amines is 1. The van der Waals surface area contributed by atoms with Gasteiger partial charge in [-0.3, -0.25) is 15.0 Å². The molecular weight excluding hydrogens is 419 g/mol. The summed E-state index contributed by atoms with van der Waals surface area (Å²) in [5.74, 6) is 0.131. The number of pyridine rings is 2. The zero-order valence-corrected chi connectivity index (χ0v) is 18.0. The molecule has 1 aliphatic heterocycles. The second kappa shape index (κ2) is 7.33. The van der Waals surface area contributed by atoms with Crippen molar-refractivity contribution in [3.63, 3.8) is 0 Å². The van der Waals surface area contributed by atoms with Crippen molar-refractivity contribution in [2.75, 3.05) is 12.0 Å². The third kappa shape index (κ3) is 3.08. The number of aliphatic imine (C=N–C) groups is 1. The summed E-state index contributed by atoms with van der Waals surface area (Å²) in [6, 6.07) is 5.59. The summed E-state index contributed by atoms with van der Waals surface area (Å²) in [6.07, 6.45) is 10.4. The third-order valence-electron chi connectivity index (χ3n) is 5.75. The smallest absolute Gasteiger partial charge is 0.157 e. The number of fused-ring (bicyclic) bond motifs is 2.